The Hall–Kier alpha value is -2.82. The Morgan fingerprint density at radius 2 is 2.13 bits per heavy atom. The maximum atomic E-state index is 12.6. The molecule has 1 amide bonds. The van der Waals surface area contributed by atoms with Crippen LogP contribution in [-0.2, 0) is 0 Å². The lowest BCUT2D eigenvalue weighted by Crippen LogP contribution is -2.27. The monoisotopic (exact) mass is 307 g/mol. The Kier molecular flexibility index (Phi) is 3.26. The number of carbonyl (C=O) groups excluding carboxylic acids is 1. The Balaban J connectivity index is 1.79. The molecule has 0 saturated heterocycles. The summed E-state index contributed by atoms with van der Waals surface area (Å²) >= 11 is 0. The van der Waals surface area contributed by atoms with Crippen LogP contribution in [0.4, 0.5) is 0 Å². The first-order valence-electron chi connectivity index (χ1n) is 7.72. The zero-order chi connectivity index (χ0) is 15.8. The van der Waals surface area contributed by atoms with Gasteiger partial charge in [0, 0.05) is 12.1 Å². The highest BCUT2D eigenvalue weighted by atomic mass is 16.3. The third kappa shape index (κ3) is 2.77. The highest BCUT2D eigenvalue weighted by Crippen LogP contribution is 2.24. The van der Waals surface area contributed by atoms with Crippen LogP contribution in [0.5, 0.6) is 0 Å². The number of hydrogen-bond acceptors (Lipinski definition) is 3. The minimum absolute atomic E-state index is 0.0979. The van der Waals surface area contributed by atoms with Gasteiger partial charge in [-0.05, 0) is 49.6 Å². The van der Waals surface area contributed by atoms with E-state index < -0.39 is 0 Å². The van der Waals surface area contributed by atoms with Crippen molar-refractivity contribution in [1.29, 1.82) is 0 Å². The van der Waals surface area contributed by atoms with Gasteiger partial charge in [-0.2, -0.15) is 5.10 Å². The Labute approximate surface area is 133 Å². The van der Waals surface area contributed by atoms with Gasteiger partial charge >= 0.3 is 0 Å². The number of aryl methyl sites for hydroxylation is 1. The summed E-state index contributed by atoms with van der Waals surface area (Å²) in [6, 6.07) is 13.7. The minimum atomic E-state index is -0.0979. The van der Waals surface area contributed by atoms with Gasteiger partial charge in [-0.15, -0.1) is 0 Å². The van der Waals surface area contributed by atoms with Gasteiger partial charge in [0.1, 0.15) is 11.4 Å². The van der Waals surface area contributed by atoms with Gasteiger partial charge in [0.05, 0.1) is 12.0 Å². The van der Waals surface area contributed by atoms with Crippen LogP contribution in [0.2, 0.25) is 0 Å². The van der Waals surface area contributed by atoms with Crippen LogP contribution in [0.15, 0.2) is 53.1 Å². The van der Waals surface area contributed by atoms with Crippen molar-refractivity contribution in [3.05, 3.63) is 60.0 Å². The summed E-state index contributed by atoms with van der Waals surface area (Å²) in [6.45, 7) is 2.02. The van der Waals surface area contributed by atoms with Crippen LogP contribution >= 0.6 is 0 Å². The third-order valence-corrected chi connectivity index (χ3v) is 3.87. The molecule has 0 bridgehead atoms. The molecule has 1 aromatic carbocycles. The fourth-order valence-electron chi connectivity index (χ4n) is 2.53. The van der Waals surface area contributed by atoms with E-state index in [0.717, 1.165) is 24.1 Å². The molecule has 0 unspecified atom stereocenters. The first kappa shape index (κ1) is 13.8. The number of nitrogens with one attached hydrogen (secondary N) is 1. The molecule has 1 fully saturated rings. The van der Waals surface area contributed by atoms with Gasteiger partial charge in [-0.25, -0.2) is 4.68 Å². The van der Waals surface area contributed by atoms with Crippen molar-refractivity contribution >= 4 is 5.91 Å². The molecule has 2 heterocycles. The van der Waals surface area contributed by atoms with Crippen LogP contribution in [0.1, 0.15) is 28.9 Å². The molecular formula is C18H17N3O2. The van der Waals surface area contributed by atoms with Crippen LogP contribution in [0.25, 0.3) is 17.1 Å². The number of hydrogen-bond donors (Lipinski definition) is 1. The normalized spacial score (nSPS) is 14.0. The van der Waals surface area contributed by atoms with E-state index in [4.69, 9.17) is 4.42 Å². The maximum absolute atomic E-state index is 12.6. The van der Waals surface area contributed by atoms with Crippen molar-refractivity contribution in [2.75, 3.05) is 0 Å². The zero-order valence-corrected chi connectivity index (χ0v) is 12.8. The first-order chi connectivity index (χ1) is 11.2. The molecule has 5 nitrogen and oxygen atoms in total. The third-order valence-electron chi connectivity index (χ3n) is 3.87. The topological polar surface area (TPSA) is 60.1 Å². The largest absolute Gasteiger partial charge is 0.463 e. The van der Waals surface area contributed by atoms with Crippen LogP contribution in [0, 0.1) is 6.92 Å². The highest BCUT2D eigenvalue weighted by molar-refractivity contribution is 5.94. The zero-order valence-electron chi connectivity index (χ0n) is 12.8. The van der Waals surface area contributed by atoms with Crippen molar-refractivity contribution in [3.8, 4) is 17.1 Å². The van der Waals surface area contributed by atoms with Crippen molar-refractivity contribution < 1.29 is 9.21 Å². The molecule has 0 spiro atoms. The van der Waals surface area contributed by atoms with Crippen LogP contribution in [-0.4, -0.2) is 21.7 Å². The lowest BCUT2D eigenvalue weighted by atomic mass is 10.2. The summed E-state index contributed by atoms with van der Waals surface area (Å²) in [4.78, 5) is 12.6. The van der Waals surface area contributed by atoms with E-state index in [-0.39, 0.29) is 5.91 Å². The molecule has 3 aromatic rings. The number of carbonyl (C=O) groups is 1. The van der Waals surface area contributed by atoms with Gasteiger partial charge in [0.25, 0.3) is 5.91 Å². The van der Waals surface area contributed by atoms with E-state index >= 15 is 0 Å². The first-order valence-corrected chi connectivity index (χ1v) is 7.72. The standard InChI is InChI=1S/C18H17N3O2/c1-12-4-2-5-14(10-12)21-16(18(22)19-13-7-8-13)11-15(20-21)17-6-3-9-23-17/h2-6,9-11,13H,7-8H2,1H3,(H,19,22). The van der Waals surface area contributed by atoms with E-state index in [2.05, 4.69) is 10.4 Å². The smallest absolute Gasteiger partial charge is 0.270 e. The fraction of sp³-hybridized carbons (Fsp3) is 0.222. The molecule has 23 heavy (non-hydrogen) atoms. The second-order valence-electron chi connectivity index (χ2n) is 5.89. The number of amides is 1. The summed E-state index contributed by atoms with van der Waals surface area (Å²) in [7, 11) is 0. The average molecular weight is 307 g/mol. The number of aromatic nitrogens is 2. The van der Waals surface area contributed by atoms with Crippen molar-refractivity contribution in [2.24, 2.45) is 0 Å². The van der Waals surface area contributed by atoms with Crippen molar-refractivity contribution in [3.63, 3.8) is 0 Å². The summed E-state index contributed by atoms with van der Waals surface area (Å²) in [6.07, 6.45) is 3.70. The Morgan fingerprint density at radius 1 is 1.26 bits per heavy atom. The SMILES string of the molecule is Cc1cccc(-n2nc(-c3ccco3)cc2C(=O)NC2CC2)c1. The van der Waals surface area contributed by atoms with E-state index in [9.17, 15) is 4.79 Å². The van der Waals surface area contributed by atoms with Gasteiger partial charge < -0.3 is 9.73 Å². The quantitative estimate of drug-likeness (QED) is 0.804. The molecule has 1 saturated carbocycles. The summed E-state index contributed by atoms with van der Waals surface area (Å²) < 4.78 is 7.10. The minimum Gasteiger partial charge on any atom is -0.463 e. The maximum Gasteiger partial charge on any atom is 0.270 e. The highest BCUT2D eigenvalue weighted by Gasteiger charge is 2.26. The molecule has 5 heteroatoms. The molecule has 116 valence electrons. The molecule has 1 N–H and O–H groups in total. The molecule has 1 aliphatic carbocycles. The van der Waals surface area contributed by atoms with Crippen LogP contribution in [0.3, 0.4) is 0 Å². The van der Waals surface area contributed by atoms with Gasteiger partial charge in [0.15, 0.2) is 5.76 Å². The number of nitrogens with zero attached hydrogens (tertiary/aromatic N) is 2. The van der Waals surface area contributed by atoms with E-state index in [1.54, 1.807) is 17.0 Å². The van der Waals surface area contributed by atoms with Gasteiger partial charge in [-0.1, -0.05) is 12.1 Å². The molecule has 0 radical (unpaired) electrons. The second-order valence-corrected chi connectivity index (χ2v) is 5.89. The summed E-state index contributed by atoms with van der Waals surface area (Å²) in [5.74, 6) is 0.552. The van der Waals surface area contributed by atoms with E-state index in [0.29, 0.717) is 23.2 Å². The Bertz CT molecular complexity index is 845. The average Bonchev–Trinajstić information content (AvgIpc) is 3.06. The summed E-state index contributed by atoms with van der Waals surface area (Å²) in [5, 5.41) is 7.60. The van der Waals surface area contributed by atoms with Crippen molar-refractivity contribution in [2.45, 2.75) is 25.8 Å². The van der Waals surface area contributed by atoms with Gasteiger partial charge in [-0.3, -0.25) is 4.79 Å². The van der Waals surface area contributed by atoms with E-state index in [1.165, 1.54) is 0 Å². The second kappa shape index (κ2) is 5.43. The molecule has 0 aliphatic heterocycles. The molecule has 4 rings (SSSR count). The number of furan rings is 1. The Morgan fingerprint density at radius 3 is 2.83 bits per heavy atom. The van der Waals surface area contributed by atoms with Gasteiger partial charge in [0.2, 0.25) is 0 Å². The number of rotatable bonds is 4. The predicted octanol–water partition coefficient (Wildman–Crippen LogP) is 3.33. The fourth-order valence-corrected chi connectivity index (χ4v) is 2.53. The van der Waals surface area contributed by atoms with Crippen molar-refractivity contribution in [1.82, 2.24) is 15.1 Å². The van der Waals surface area contributed by atoms with Crippen LogP contribution < -0.4 is 5.32 Å². The molecule has 0 atom stereocenters. The lowest BCUT2D eigenvalue weighted by molar-refractivity contribution is 0.0943. The number of benzene rings is 1. The predicted molar refractivity (Wildman–Crippen MR) is 86.5 cm³/mol. The summed E-state index contributed by atoms with van der Waals surface area (Å²) in [5.41, 5.74) is 3.15. The molecule has 1 aliphatic rings. The van der Waals surface area contributed by atoms with E-state index in [1.807, 2.05) is 43.3 Å². The molecular weight excluding hydrogens is 290 g/mol. The molecule has 2 aromatic heterocycles. The lowest BCUT2D eigenvalue weighted by Gasteiger charge is -2.08.